The molecule has 18 heavy (non-hydrogen) atoms. The van der Waals surface area contributed by atoms with E-state index in [2.05, 4.69) is 9.98 Å². The summed E-state index contributed by atoms with van der Waals surface area (Å²) in [4.78, 5) is 27.7. The average Bonchev–Trinajstić information content (AvgIpc) is 2.40. The van der Waals surface area contributed by atoms with E-state index in [1.807, 2.05) is 30.3 Å². The number of carbonyl (C=O) groups excluding carboxylic acids is 2. The highest BCUT2D eigenvalue weighted by Gasteiger charge is 2.02. The third kappa shape index (κ3) is 2.66. The molecule has 0 N–H and O–H groups in total. The Bertz CT molecular complexity index is 616. The molecule has 0 saturated carbocycles. The minimum absolute atomic E-state index is 0.403. The monoisotopic (exact) mass is 236 g/mol. The first-order valence-electron chi connectivity index (χ1n) is 5.20. The van der Waals surface area contributed by atoms with E-state index in [4.69, 9.17) is 0 Å². The Morgan fingerprint density at radius 1 is 0.722 bits per heavy atom. The highest BCUT2D eigenvalue weighted by molar-refractivity contribution is 5.73. The highest BCUT2D eigenvalue weighted by atomic mass is 16.1. The summed E-state index contributed by atoms with van der Waals surface area (Å²) in [5.41, 5.74) is 2.57. The number of rotatable bonds is 3. The molecular weight excluding hydrogens is 228 g/mol. The second-order valence-corrected chi connectivity index (χ2v) is 3.51. The summed E-state index contributed by atoms with van der Waals surface area (Å²) in [7, 11) is 0. The van der Waals surface area contributed by atoms with Crippen molar-refractivity contribution in [2.45, 2.75) is 0 Å². The van der Waals surface area contributed by atoms with Crippen molar-refractivity contribution >= 4 is 23.5 Å². The second kappa shape index (κ2) is 5.51. The van der Waals surface area contributed by atoms with Gasteiger partial charge in [-0.05, 0) is 29.3 Å². The summed E-state index contributed by atoms with van der Waals surface area (Å²) in [6, 6.07) is 14.5. The van der Waals surface area contributed by atoms with Gasteiger partial charge in [-0.3, -0.25) is 0 Å². The van der Waals surface area contributed by atoms with Crippen molar-refractivity contribution in [3.05, 3.63) is 48.5 Å². The summed E-state index contributed by atoms with van der Waals surface area (Å²) < 4.78 is 0. The van der Waals surface area contributed by atoms with Gasteiger partial charge in [-0.1, -0.05) is 30.3 Å². The molecule has 0 aromatic heterocycles. The second-order valence-electron chi connectivity index (χ2n) is 3.51. The first kappa shape index (κ1) is 11.7. The van der Waals surface area contributed by atoms with Crippen molar-refractivity contribution in [1.29, 1.82) is 0 Å². The number of hydrogen-bond donors (Lipinski definition) is 0. The Morgan fingerprint density at radius 2 is 1.28 bits per heavy atom. The van der Waals surface area contributed by atoms with Gasteiger partial charge >= 0.3 is 0 Å². The van der Waals surface area contributed by atoms with Crippen LogP contribution in [-0.4, -0.2) is 12.2 Å². The minimum Gasteiger partial charge on any atom is -0.211 e. The maximum absolute atomic E-state index is 10.3. The molecule has 0 aliphatic rings. The Balaban J connectivity index is 2.60. The largest absolute Gasteiger partial charge is 0.240 e. The van der Waals surface area contributed by atoms with Crippen molar-refractivity contribution < 1.29 is 9.59 Å². The van der Waals surface area contributed by atoms with E-state index in [1.54, 1.807) is 12.1 Å². The predicted molar refractivity (Wildman–Crippen MR) is 67.4 cm³/mol. The molecule has 0 amide bonds. The third-order valence-electron chi connectivity index (χ3n) is 2.36. The molecule has 0 spiro atoms. The third-order valence-corrected chi connectivity index (χ3v) is 2.36. The molecular formula is C14H8N2O2. The molecule has 2 aromatic carbocycles. The number of isocyanates is 2. The molecule has 0 saturated heterocycles. The summed E-state index contributed by atoms with van der Waals surface area (Å²) in [5, 5.41) is 0. The van der Waals surface area contributed by atoms with Gasteiger partial charge in [0.05, 0.1) is 11.4 Å². The van der Waals surface area contributed by atoms with Crippen molar-refractivity contribution in [2.24, 2.45) is 9.98 Å². The fraction of sp³-hybridized carbons (Fsp3) is 0. The van der Waals surface area contributed by atoms with Crippen LogP contribution >= 0.6 is 0 Å². The molecule has 0 bridgehead atoms. The molecule has 0 unspecified atom stereocenters. The fourth-order valence-electron chi connectivity index (χ4n) is 1.63. The predicted octanol–water partition coefficient (Wildman–Crippen LogP) is 3.29. The van der Waals surface area contributed by atoms with Crippen molar-refractivity contribution in [1.82, 2.24) is 0 Å². The minimum atomic E-state index is 0.403. The van der Waals surface area contributed by atoms with Crippen LogP contribution in [0.4, 0.5) is 11.4 Å². The van der Waals surface area contributed by atoms with Gasteiger partial charge in [-0.25, -0.2) is 9.59 Å². The molecule has 0 aliphatic heterocycles. The first-order valence-corrected chi connectivity index (χ1v) is 5.20. The van der Waals surface area contributed by atoms with Crippen LogP contribution in [0.1, 0.15) is 0 Å². The zero-order chi connectivity index (χ0) is 12.8. The van der Waals surface area contributed by atoms with Crippen LogP contribution in [0.5, 0.6) is 0 Å². The van der Waals surface area contributed by atoms with Gasteiger partial charge in [0, 0.05) is 0 Å². The molecule has 0 heterocycles. The van der Waals surface area contributed by atoms with Crippen LogP contribution in [0, 0.1) is 0 Å². The molecule has 86 valence electrons. The van der Waals surface area contributed by atoms with Crippen LogP contribution in [0.25, 0.3) is 11.1 Å². The molecule has 0 atom stereocenters. The van der Waals surface area contributed by atoms with Crippen LogP contribution in [0.3, 0.4) is 0 Å². The molecule has 4 heteroatoms. The lowest BCUT2D eigenvalue weighted by Gasteiger charge is -2.03. The van der Waals surface area contributed by atoms with Gasteiger partial charge in [0.1, 0.15) is 0 Å². The zero-order valence-electron chi connectivity index (χ0n) is 9.33. The maximum atomic E-state index is 10.3. The number of nitrogens with zero attached hydrogens (tertiary/aromatic N) is 2. The maximum Gasteiger partial charge on any atom is 0.240 e. The van der Waals surface area contributed by atoms with E-state index in [9.17, 15) is 9.59 Å². The summed E-state index contributed by atoms with van der Waals surface area (Å²) in [5.74, 6) is 0. The molecule has 2 aromatic rings. The van der Waals surface area contributed by atoms with Crippen LogP contribution in [0.15, 0.2) is 58.5 Å². The van der Waals surface area contributed by atoms with E-state index < -0.39 is 0 Å². The molecule has 2 rings (SSSR count). The van der Waals surface area contributed by atoms with Gasteiger partial charge in [-0.2, -0.15) is 9.98 Å². The van der Waals surface area contributed by atoms with E-state index in [0.717, 1.165) is 11.1 Å². The molecule has 4 nitrogen and oxygen atoms in total. The Morgan fingerprint density at radius 3 is 1.78 bits per heavy atom. The average molecular weight is 236 g/mol. The Hall–Kier alpha value is -2.80. The number of hydrogen-bond acceptors (Lipinski definition) is 4. The van der Waals surface area contributed by atoms with Gasteiger partial charge in [0.15, 0.2) is 0 Å². The molecule has 0 radical (unpaired) electrons. The lowest BCUT2D eigenvalue weighted by atomic mass is 10.0. The van der Waals surface area contributed by atoms with E-state index >= 15 is 0 Å². The van der Waals surface area contributed by atoms with Crippen molar-refractivity contribution in [2.75, 3.05) is 0 Å². The number of aliphatic imine (C=N–C) groups is 2. The summed E-state index contributed by atoms with van der Waals surface area (Å²) >= 11 is 0. The summed E-state index contributed by atoms with van der Waals surface area (Å²) in [6.07, 6.45) is 2.93. The Labute approximate surface area is 103 Å². The smallest absolute Gasteiger partial charge is 0.211 e. The van der Waals surface area contributed by atoms with Gasteiger partial charge in [-0.15, -0.1) is 0 Å². The SMILES string of the molecule is O=C=Nc1cc(N=C=O)cc(-c2ccccc2)c1. The van der Waals surface area contributed by atoms with Crippen LogP contribution in [0.2, 0.25) is 0 Å². The normalized spacial score (nSPS) is 9.11. The van der Waals surface area contributed by atoms with Gasteiger partial charge < -0.3 is 0 Å². The first-order chi connectivity index (χ1) is 8.83. The highest BCUT2D eigenvalue weighted by Crippen LogP contribution is 2.29. The van der Waals surface area contributed by atoms with Crippen LogP contribution < -0.4 is 0 Å². The van der Waals surface area contributed by atoms with Crippen molar-refractivity contribution in [3.8, 4) is 11.1 Å². The Kier molecular flexibility index (Phi) is 3.57. The van der Waals surface area contributed by atoms with E-state index in [-0.39, 0.29) is 0 Å². The van der Waals surface area contributed by atoms with Crippen molar-refractivity contribution in [3.63, 3.8) is 0 Å². The van der Waals surface area contributed by atoms with Crippen LogP contribution in [-0.2, 0) is 9.59 Å². The van der Waals surface area contributed by atoms with Gasteiger partial charge in [0.25, 0.3) is 0 Å². The standard InChI is InChI=1S/C14H8N2O2/c17-9-15-13-6-12(7-14(8-13)16-10-18)11-4-2-1-3-5-11/h1-8H. The number of benzene rings is 2. The zero-order valence-corrected chi connectivity index (χ0v) is 9.33. The quantitative estimate of drug-likeness (QED) is 0.606. The summed E-state index contributed by atoms with van der Waals surface area (Å²) in [6.45, 7) is 0. The molecule has 0 aliphatic carbocycles. The fourth-order valence-corrected chi connectivity index (χ4v) is 1.63. The lowest BCUT2D eigenvalue weighted by molar-refractivity contribution is 0.565. The van der Waals surface area contributed by atoms with E-state index in [1.165, 1.54) is 18.2 Å². The molecule has 0 fully saturated rings. The van der Waals surface area contributed by atoms with Gasteiger partial charge in [0.2, 0.25) is 12.2 Å². The lowest BCUT2D eigenvalue weighted by Crippen LogP contribution is -1.77. The topological polar surface area (TPSA) is 58.9 Å². The van der Waals surface area contributed by atoms with E-state index in [0.29, 0.717) is 11.4 Å².